The first-order chi connectivity index (χ1) is 9.22. The molecule has 6 nitrogen and oxygen atoms in total. The largest absolute Gasteiger partial charge is 0.337 e. The minimum atomic E-state index is 0.0897. The van der Waals surface area contributed by atoms with Crippen LogP contribution in [0.2, 0.25) is 0 Å². The molecule has 0 aliphatic carbocycles. The molecular weight excluding hydrogens is 242 g/mol. The Morgan fingerprint density at radius 2 is 2.26 bits per heavy atom. The van der Waals surface area contributed by atoms with Gasteiger partial charge in [0.1, 0.15) is 0 Å². The molecule has 1 aliphatic heterocycles. The van der Waals surface area contributed by atoms with Gasteiger partial charge in [-0.3, -0.25) is 9.89 Å². The third-order valence-electron chi connectivity index (χ3n) is 3.61. The van der Waals surface area contributed by atoms with Gasteiger partial charge in [0, 0.05) is 25.3 Å². The summed E-state index contributed by atoms with van der Waals surface area (Å²) in [6.45, 7) is 7.23. The summed E-state index contributed by atoms with van der Waals surface area (Å²) < 4.78 is 0. The van der Waals surface area contributed by atoms with Crippen LogP contribution in [0, 0.1) is 6.92 Å². The van der Waals surface area contributed by atoms with Crippen LogP contribution >= 0.6 is 0 Å². The number of amides is 1. The summed E-state index contributed by atoms with van der Waals surface area (Å²) in [7, 11) is 0. The second-order valence-corrected chi connectivity index (χ2v) is 5.04. The van der Waals surface area contributed by atoms with Crippen LogP contribution in [-0.2, 0) is 0 Å². The second kappa shape index (κ2) is 6.68. The Morgan fingerprint density at radius 1 is 1.42 bits per heavy atom. The predicted octanol–water partition coefficient (Wildman–Crippen LogP) is 0.215. The molecule has 106 valence electrons. The number of aromatic nitrogens is 2. The highest BCUT2D eigenvalue weighted by Gasteiger charge is 2.21. The highest BCUT2D eigenvalue weighted by atomic mass is 16.2. The summed E-state index contributed by atoms with van der Waals surface area (Å²) in [5.41, 5.74) is 7.07. The molecule has 1 aromatic heterocycles. The van der Waals surface area contributed by atoms with E-state index in [1.165, 1.54) is 0 Å². The highest BCUT2D eigenvalue weighted by Crippen LogP contribution is 2.11. The smallest absolute Gasteiger partial charge is 0.257 e. The van der Waals surface area contributed by atoms with E-state index in [-0.39, 0.29) is 5.91 Å². The van der Waals surface area contributed by atoms with Crippen LogP contribution in [-0.4, -0.2) is 65.2 Å². The first-order valence-corrected chi connectivity index (χ1v) is 6.94. The maximum Gasteiger partial charge on any atom is 0.257 e. The van der Waals surface area contributed by atoms with Gasteiger partial charge >= 0.3 is 0 Å². The van der Waals surface area contributed by atoms with Crippen LogP contribution in [0.4, 0.5) is 0 Å². The molecule has 1 aromatic rings. The Hall–Kier alpha value is -1.40. The standard InChI is InChI=1S/C13H23N5O/c1-11-12(10-15-16-11)13(19)18-7-3-6-17(8-9-18)5-2-4-14/h10H,2-9,14H2,1H3,(H,15,16). The minimum absolute atomic E-state index is 0.0897. The first kappa shape index (κ1) is 14.0. The van der Waals surface area contributed by atoms with E-state index in [4.69, 9.17) is 5.73 Å². The number of carbonyl (C=O) groups is 1. The molecule has 0 aromatic carbocycles. The summed E-state index contributed by atoms with van der Waals surface area (Å²) >= 11 is 0. The maximum atomic E-state index is 12.4. The fourth-order valence-corrected chi connectivity index (χ4v) is 2.45. The molecule has 0 bridgehead atoms. The Morgan fingerprint density at radius 3 is 2.95 bits per heavy atom. The Bertz CT molecular complexity index is 417. The molecule has 1 amide bonds. The van der Waals surface area contributed by atoms with Crippen molar-refractivity contribution >= 4 is 5.91 Å². The van der Waals surface area contributed by atoms with E-state index >= 15 is 0 Å². The monoisotopic (exact) mass is 265 g/mol. The van der Waals surface area contributed by atoms with Crippen LogP contribution < -0.4 is 5.73 Å². The molecule has 0 saturated carbocycles. The second-order valence-electron chi connectivity index (χ2n) is 5.04. The average Bonchev–Trinajstić information content (AvgIpc) is 2.71. The van der Waals surface area contributed by atoms with E-state index in [0.717, 1.165) is 57.8 Å². The number of rotatable bonds is 4. The lowest BCUT2D eigenvalue weighted by Gasteiger charge is -2.21. The maximum absolute atomic E-state index is 12.4. The number of aromatic amines is 1. The van der Waals surface area contributed by atoms with E-state index < -0.39 is 0 Å². The van der Waals surface area contributed by atoms with Gasteiger partial charge in [-0.05, 0) is 39.4 Å². The average molecular weight is 265 g/mol. The predicted molar refractivity (Wildman–Crippen MR) is 74.0 cm³/mol. The fraction of sp³-hybridized carbons (Fsp3) is 0.692. The van der Waals surface area contributed by atoms with Gasteiger partial charge in [-0.25, -0.2) is 0 Å². The lowest BCUT2D eigenvalue weighted by atomic mass is 10.2. The SMILES string of the molecule is Cc1[nH]ncc1C(=O)N1CCCN(CCCN)CC1. The quantitative estimate of drug-likeness (QED) is 0.816. The number of nitrogens with one attached hydrogen (secondary N) is 1. The summed E-state index contributed by atoms with van der Waals surface area (Å²) in [5.74, 6) is 0.0897. The van der Waals surface area contributed by atoms with Crippen molar-refractivity contribution in [3.05, 3.63) is 17.5 Å². The zero-order valence-corrected chi connectivity index (χ0v) is 11.6. The lowest BCUT2D eigenvalue weighted by molar-refractivity contribution is 0.0761. The van der Waals surface area contributed by atoms with Crippen LogP contribution in [0.5, 0.6) is 0 Å². The zero-order chi connectivity index (χ0) is 13.7. The van der Waals surface area contributed by atoms with Crippen LogP contribution in [0.25, 0.3) is 0 Å². The number of carbonyl (C=O) groups excluding carboxylic acids is 1. The third kappa shape index (κ3) is 3.54. The number of nitrogens with zero attached hydrogens (tertiary/aromatic N) is 3. The van der Waals surface area contributed by atoms with E-state index in [0.29, 0.717) is 5.56 Å². The van der Waals surface area contributed by atoms with Gasteiger partial charge in [-0.2, -0.15) is 5.10 Å². The minimum Gasteiger partial charge on any atom is -0.337 e. The molecule has 0 spiro atoms. The Kier molecular flexibility index (Phi) is 4.93. The normalized spacial score (nSPS) is 17.5. The summed E-state index contributed by atoms with van der Waals surface area (Å²) in [6, 6.07) is 0. The number of nitrogens with two attached hydrogens (primary N) is 1. The van der Waals surface area contributed by atoms with Crippen molar-refractivity contribution in [1.29, 1.82) is 0 Å². The highest BCUT2D eigenvalue weighted by molar-refractivity contribution is 5.95. The van der Waals surface area contributed by atoms with E-state index in [1.54, 1.807) is 6.20 Å². The summed E-state index contributed by atoms with van der Waals surface area (Å²) in [6.07, 6.45) is 3.66. The molecule has 0 atom stereocenters. The molecule has 2 heterocycles. The Balaban J connectivity index is 1.92. The van der Waals surface area contributed by atoms with Crippen molar-refractivity contribution in [2.24, 2.45) is 5.73 Å². The van der Waals surface area contributed by atoms with Crippen LogP contribution in [0.1, 0.15) is 28.9 Å². The van der Waals surface area contributed by atoms with Gasteiger partial charge < -0.3 is 15.5 Å². The van der Waals surface area contributed by atoms with Gasteiger partial charge in [0.05, 0.1) is 11.8 Å². The molecule has 1 aliphatic rings. The van der Waals surface area contributed by atoms with E-state index in [2.05, 4.69) is 15.1 Å². The molecule has 3 N–H and O–H groups in total. The Labute approximate surface area is 113 Å². The van der Waals surface area contributed by atoms with Crippen molar-refractivity contribution in [2.45, 2.75) is 19.8 Å². The van der Waals surface area contributed by atoms with Gasteiger partial charge in [-0.1, -0.05) is 0 Å². The van der Waals surface area contributed by atoms with Gasteiger partial charge in [0.15, 0.2) is 0 Å². The van der Waals surface area contributed by atoms with Crippen molar-refractivity contribution in [3.8, 4) is 0 Å². The van der Waals surface area contributed by atoms with Crippen LogP contribution in [0.3, 0.4) is 0 Å². The lowest BCUT2D eigenvalue weighted by Crippen LogP contribution is -2.35. The van der Waals surface area contributed by atoms with Gasteiger partial charge in [0.25, 0.3) is 5.91 Å². The molecule has 1 saturated heterocycles. The molecule has 0 unspecified atom stereocenters. The van der Waals surface area contributed by atoms with E-state index in [9.17, 15) is 4.79 Å². The molecule has 6 heteroatoms. The number of hydrogen-bond donors (Lipinski definition) is 2. The van der Waals surface area contributed by atoms with Gasteiger partial charge in [0.2, 0.25) is 0 Å². The molecule has 19 heavy (non-hydrogen) atoms. The first-order valence-electron chi connectivity index (χ1n) is 6.94. The zero-order valence-electron chi connectivity index (χ0n) is 11.6. The summed E-state index contributed by atoms with van der Waals surface area (Å²) in [4.78, 5) is 16.7. The van der Waals surface area contributed by atoms with Crippen molar-refractivity contribution < 1.29 is 4.79 Å². The third-order valence-corrected chi connectivity index (χ3v) is 3.61. The molecular formula is C13H23N5O. The van der Waals surface area contributed by atoms with Crippen molar-refractivity contribution in [3.63, 3.8) is 0 Å². The number of aryl methyl sites for hydroxylation is 1. The molecule has 2 rings (SSSR count). The number of H-pyrrole nitrogens is 1. The van der Waals surface area contributed by atoms with Gasteiger partial charge in [-0.15, -0.1) is 0 Å². The number of hydrogen-bond acceptors (Lipinski definition) is 4. The molecule has 0 radical (unpaired) electrons. The molecule has 1 fully saturated rings. The van der Waals surface area contributed by atoms with Crippen LogP contribution in [0.15, 0.2) is 6.20 Å². The van der Waals surface area contributed by atoms with Crippen molar-refractivity contribution in [1.82, 2.24) is 20.0 Å². The van der Waals surface area contributed by atoms with Crippen molar-refractivity contribution in [2.75, 3.05) is 39.3 Å². The summed E-state index contributed by atoms with van der Waals surface area (Å²) in [5, 5.41) is 6.74. The van der Waals surface area contributed by atoms with E-state index in [1.807, 2.05) is 11.8 Å². The fourth-order valence-electron chi connectivity index (χ4n) is 2.45. The topological polar surface area (TPSA) is 78.2 Å².